The maximum absolute atomic E-state index is 2.53. The van der Waals surface area contributed by atoms with E-state index in [1.54, 1.807) is 0 Å². The molecule has 0 aromatic rings. The van der Waals surface area contributed by atoms with E-state index in [9.17, 15) is 0 Å². The Morgan fingerprint density at radius 1 is 0.810 bits per heavy atom. The number of hydrogen-bond donors (Lipinski definition) is 0. The van der Waals surface area contributed by atoms with Crippen molar-refractivity contribution in [3.63, 3.8) is 0 Å². The first kappa shape index (κ1) is 21.0. The van der Waals surface area contributed by atoms with E-state index in [0.717, 1.165) is 29.6 Å². The molecular formula is C21H44. The Labute approximate surface area is 136 Å². The molecule has 0 amide bonds. The summed E-state index contributed by atoms with van der Waals surface area (Å²) < 4.78 is 0. The van der Waals surface area contributed by atoms with Gasteiger partial charge in [-0.3, -0.25) is 0 Å². The monoisotopic (exact) mass is 296 g/mol. The molecule has 0 N–H and O–H groups in total. The summed E-state index contributed by atoms with van der Waals surface area (Å²) in [5.41, 5.74) is 0.473. The van der Waals surface area contributed by atoms with Crippen molar-refractivity contribution >= 4 is 0 Å². The van der Waals surface area contributed by atoms with Gasteiger partial charge in [-0.2, -0.15) is 0 Å². The third-order valence-corrected chi connectivity index (χ3v) is 6.80. The Balaban J connectivity index is 5.06. The van der Waals surface area contributed by atoms with Crippen molar-refractivity contribution in [2.45, 2.75) is 101 Å². The molecule has 0 aliphatic heterocycles. The first-order valence-corrected chi connectivity index (χ1v) is 9.74. The Hall–Kier alpha value is 0. The molecule has 0 aliphatic rings. The molecular weight excluding hydrogens is 252 g/mol. The van der Waals surface area contributed by atoms with Crippen LogP contribution in [0, 0.1) is 35.0 Å². The molecule has 0 spiro atoms. The zero-order valence-electron chi connectivity index (χ0n) is 16.6. The van der Waals surface area contributed by atoms with Crippen LogP contribution in [-0.2, 0) is 0 Å². The van der Waals surface area contributed by atoms with Gasteiger partial charge in [0.2, 0.25) is 0 Å². The minimum absolute atomic E-state index is 0.473. The molecule has 4 atom stereocenters. The van der Waals surface area contributed by atoms with E-state index in [-0.39, 0.29) is 0 Å². The molecule has 21 heavy (non-hydrogen) atoms. The van der Waals surface area contributed by atoms with E-state index in [1.165, 1.54) is 38.5 Å². The van der Waals surface area contributed by atoms with E-state index in [2.05, 4.69) is 62.3 Å². The zero-order chi connectivity index (χ0) is 16.6. The number of hydrogen-bond acceptors (Lipinski definition) is 0. The highest BCUT2D eigenvalue weighted by Crippen LogP contribution is 2.44. The fourth-order valence-electron chi connectivity index (χ4n) is 4.00. The molecule has 0 bridgehead atoms. The molecule has 0 heterocycles. The second-order valence-corrected chi connectivity index (χ2v) is 8.35. The van der Waals surface area contributed by atoms with Crippen molar-refractivity contribution in [3.05, 3.63) is 0 Å². The molecule has 0 fully saturated rings. The van der Waals surface area contributed by atoms with Gasteiger partial charge in [-0.05, 0) is 41.4 Å². The topological polar surface area (TPSA) is 0 Å². The summed E-state index contributed by atoms with van der Waals surface area (Å²) in [5, 5.41) is 0. The Morgan fingerprint density at radius 2 is 1.33 bits per heavy atom. The predicted molar refractivity (Wildman–Crippen MR) is 98.7 cm³/mol. The Morgan fingerprint density at radius 3 is 1.71 bits per heavy atom. The van der Waals surface area contributed by atoms with Crippen LogP contribution in [0.3, 0.4) is 0 Å². The second kappa shape index (κ2) is 9.90. The molecule has 0 aliphatic carbocycles. The molecule has 0 nitrogen and oxygen atoms in total. The normalized spacial score (nSPS) is 18.6. The van der Waals surface area contributed by atoms with Gasteiger partial charge in [-0.25, -0.2) is 0 Å². The largest absolute Gasteiger partial charge is 0.0654 e. The first-order valence-electron chi connectivity index (χ1n) is 9.74. The van der Waals surface area contributed by atoms with E-state index in [0.29, 0.717) is 5.41 Å². The molecule has 0 saturated carbocycles. The molecule has 0 heteroatoms. The minimum Gasteiger partial charge on any atom is -0.0654 e. The average molecular weight is 297 g/mol. The van der Waals surface area contributed by atoms with Crippen LogP contribution in [0.2, 0.25) is 0 Å². The van der Waals surface area contributed by atoms with Crippen LogP contribution in [0.1, 0.15) is 101 Å². The summed E-state index contributed by atoms with van der Waals surface area (Å²) in [6, 6.07) is 0. The van der Waals surface area contributed by atoms with Gasteiger partial charge in [0.25, 0.3) is 0 Å². The molecule has 0 aromatic heterocycles. The highest BCUT2D eigenvalue weighted by molar-refractivity contribution is 4.85. The van der Waals surface area contributed by atoms with Crippen LogP contribution in [0.4, 0.5) is 0 Å². The molecule has 128 valence electrons. The van der Waals surface area contributed by atoms with E-state index >= 15 is 0 Å². The lowest BCUT2D eigenvalue weighted by Gasteiger charge is -2.42. The van der Waals surface area contributed by atoms with E-state index < -0.39 is 0 Å². The van der Waals surface area contributed by atoms with Crippen LogP contribution < -0.4 is 0 Å². The van der Waals surface area contributed by atoms with Gasteiger partial charge < -0.3 is 0 Å². The summed E-state index contributed by atoms with van der Waals surface area (Å²) in [4.78, 5) is 0. The van der Waals surface area contributed by atoms with Gasteiger partial charge in [-0.1, -0.05) is 94.4 Å². The van der Waals surface area contributed by atoms with Crippen LogP contribution in [-0.4, -0.2) is 0 Å². The lowest BCUT2D eigenvalue weighted by molar-refractivity contribution is 0.0752. The van der Waals surface area contributed by atoms with Gasteiger partial charge in [0.1, 0.15) is 0 Å². The van der Waals surface area contributed by atoms with Crippen LogP contribution in [0.25, 0.3) is 0 Å². The van der Waals surface area contributed by atoms with E-state index in [1.807, 2.05) is 0 Å². The van der Waals surface area contributed by atoms with Gasteiger partial charge in [-0.15, -0.1) is 0 Å². The maximum atomic E-state index is 2.53. The molecule has 4 unspecified atom stereocenters. The molecule has 0 saturated heterocycles. The first-order chi connectivity index (χ1) is 9.74. The van der Waals surface area contributed by atoms with E-state index in [4.69, 9.17) is 0 Å². The van der Waals surface area contributed by atoms with Crippen LogP contribution >= 0.6 is 0 Å². The third kappa shape index (κ3) is 6.33. The molecule has 0 aromatic carbocycles. The van der Waals surface area contributed by atoms with Crippen LogP contribution in [0.5, 0.6) is 0 Å². The Kier molecular flexibility index (Phi) is 9.90. The molecule has 0 radical (unpaired) electrons. The van der Waals surface area contributed by atoms with Gasteiger partial charge >= 0.3 is 0 Å². The third-order valence-electron chi connectivity index (χ3n) is 6.80. The fraction of sp³-hybridized carbons (Fsp3) is 1.00. The predicted octanol–water partition coefficient (Wildman–Crippen LogP) is 7.57. The standard InChI is InChI=1S/C21H44/c1-10-14-16(5)17(6)15-20(19(11-2)12-3)18(7)21(8,9)13-4/h16-20H,10-15H2,1-9H3. The molecule has 0 rings (SSSR count). The summed E-state index contributed by atoms with van der Waals surface area (Å²) >= 11 is 0. The summed E-state index contributed by atoms with van der Waals surface area (Å²) in [7, 11) is 0. The maximum Gasteiger partial charge on any atom is -0.0328 e. The quantitative estimate of drug-likeness (QED) is 0.369. The highest BCUT2D eigenvalue weighted by Gasteiger charge is 2.35. The van der Waals surface area contributed by atoms with Gasteiger partial charge in [0.05, 0.1) is 0 Å². The second-order valence-electron chi connectivity index (χ2n) is 8.35. The lowest BCUT2D eigenvalue weighted by atomic mass is 9.63. The summed E-state index contributed by atoms with van der Waals surface area (Å²) in [6.45, 7) is 21.9. The van der Waals surface area contributed by atoms with Crippen molar-refractivity contribution in [1.82, 2.24) is 0 Å². The fourth-order valence-corrected chi connectivity index (χ4v) is 4.00. The summed E-state index contributed by atoms with van der Waals surface area (Å²) in [5.74, 6) is 4.37. The average Bonchev–Trinajstić information content (AvgIpc) is 2.46. The summed E-state index contributed by atoms with van der Waals surface area (Å²) in [6.07, 6.45) is 8.14. The van der Waals surface area contributed by atoms with Gasteiger partial charge in [0, 0.05) is 0 Å². The van der Waals surface area contributed by atoms with Crippen molar-refractivity contribution in [1.29, 1.82) is 0 Å². The van der Waals surface area contributed by atoms with Gasteiger partial charge in [0.15, 0.2) is 0 Å². The highest BCUT2D eigenvalue weighted by atomic mass is 14.4. The smallest absolute Gasteiger partial charge is 0.0328 e. The Bertz CT molecular complexity index is 249. The van der Waals surface area contributed by atoms with Crippen molar-refractivity contribution in [2.24, 2.45) is 35.0 Å². The SMILES string of the molecule is CCCC(C)C(C)CC(C(CC)CC)C(C)C(C)(C)CC. The minimum atomic E-state index is 0.473. The van der Waals surface area contributed by atoms with Crippen molar-refractivity contribution in [2.75, 3.05) is 0 Å². The zero-order valence-corrected chi connectivity index (χ0v) is 16.6. The lowest BCUT2D eigenvalue weighted by Crippen LogP contribution is -2.34. The van der Waals surface area contributed by atoms with Crippen molar-refractivity contribution < 1.29 is 0 Å². The van der Waals surface area contributed by atoms with Crippen molar-refractivity contribution in [3.8, 4) is 0 Å². The van der Waals surface area contributed by atoms with Crippen LogP contribution in [0.15, 0.2) is 0 Å². The number of rotatable bonds is 11.